The Morgan fingerprint density at radius 3 is 2.48 bits per heavy atom. The lowest BCUT2D eigenvalue weighted by Gasteiger charge is -2.33. The SMILES string of the molecule is CCCCc1nc2ccc(N(C(=O)OCC)C3CCCCC3)cc2n1Cc1ccc(-c2ccccc2OC(=O)O)cc1. The Morgan fingerprint density at radius 2 is 1.76 bits per heavy atom. The van der Waals surface area contributed by atoms with Crippen LogP contribution in [0.2, 0.25) is 0 Å². The number of anilines is 1. The molecule has 0 aliphatic heterocycles. The van der Waals surface area contributed by atoms with Gasteiger partial charge in [0.1, 0.15) is 11.6 Å². The Bertz CT molecular complexity index is 1520. The van der Waals surface area contributed by atoms with E-state index in [0.717, 1.165) is 84.2 Å². The van der Waals surface area contributed by atoms with E-state index in [-0.39, 0.29) is 12.1 Å². The molecule has 42 heavy (non-hydrogen) atoms. The molecule has 1 saturated carbocycles. The Hall–Kier alpha value is -4.33. The zero-order valence-electron chi connectivity index (χ0n) is 24.4. The lowest BCUT2D eigenvalue weighted by atomic mass is 9.94. The first-order valence-corrected chi connectivity index (χ1v) is 15.0. The van der Waals surface area contributed by atoms with Crippen molar-refractivity contribution in [3.8, 4) is 16.9 Å². The van der Waals surface area contributed by atoms with E-state index >= 15 is 0 Å². The molecule has 1 N–H and O–H groups in total. The van der Waals surface area contributed by atoms with Crippen molar-refractivity contribution in [3.05, 3.63) is 78.1 Å². The predicted molar refractivity (Wildman–Crippen MR) is 164 cm³/mol. The van der Waals surface area contributed by atoms with Gasteiger partial charge < -0.3 is 19.1 Å². The first-order valence-electron chi connectivity index (χ1n) is 15.0. The van der Waals surface area contributed by atoms with Gasteiger partial charge in [-0.2, -0.15) is 0 Å². The first kappa shape index (κ1) is 29.2. The summed E-state index contributed by atoms with van der Waals surface area (Å²) in [7, 11) is 0. The maximum absolute atomic E-state index is 13.2. The zero-order chi connectivity index (χ0) is 29.5. The number of hydrogen-bond acceptors (Lipinski definition) is 5. The molecule has 0 radical (unpaired) electrons. The van der Waals surface area contributed by atoms with Crippen molar-refractivity contribution in [1.82, 2.24) is 9.55 Å². The summed E-state index contributed by atoms with van der Waals surface area (Å²) in [6.45, 7) is 4.98. The Morgan fingerprint density at radius 1 is 1.00 bits per heavy atom. The number of fused-ring (bicyclic) bond motifs is 1. The van der Waals surface area contributed by atoms with Crippen LogP contribution in [-0.4, -0.2) is 39.6 Å². The number of hydrogen-bond donors (Lipinski definition) is 1. The highest BCUT2D eigenvalue weighted by molar-refractivity contribution is 5.92. The molecule has 3 aromatic carbocycles. The van der Waals surface area contributed by atoms with Crippen LogP contribution in [0.3, 0.4) is 0 Å². The van der Waals surface area contributed by atoms with Crippen LogP contribution in [-0.2, 0) is 17.7 Å². The van der Waals surface area contributed by atoms with E-state index in [0.29, 0.717) is 18.9 Å². The van der Waals surface area contributed by atoms with Crippen LogP contribution in [0, 0.1) is 0 Å². The molecule has 1 aliphatic rings. The number of unbranched alkanes of at least 4 members (excludes halogenated alkanes) is 1. The average Bonchev–Trinajstić information content (AvgIpc) is 3.33. The van der Waals surface area contributed by atoms with Gasteiger partial charge in [0.2, 0.25) is 0 Å². The van der Waals surface area contributed by atoms with E-state index in [9.17, 15) is 9.59 Å². The van der Waals surface area contributed by atoms with Crippen LogP contribution in [0.4, 0.5) is 15.3 Å². The van der Waals surface area contributed by atoms with Crippen LogP contribution in [0.15, 0.2) is 66.7 Å². The summed E-state index contributed by atoms with van der Waals surface area (Å²) >= 11 is 0. The summed E-state index contributed by atoms with van der Waals surface area (Å²) in [5.74, 6) is 1.32. The number of ether oxygens (including phenoxy) is 2. The van der Waals surface area contributed by atoms with Crippen molar-refractivity contribution in [1.29, 1.82) is 0 Å². The van der Waals surface area contributed by atoms with E-state index < -0.39 is 6.16 Å². The quantitative estimate of drug-likeness (QED) is 0.152. The fraction of sp³-hybridized carbons (Fsp3) is 0.382. The molecule has 4 aromatic rings. The van der Waals surface area contributed by atoms with Gasteiger partial charge in [0, 0.05) is 30.3 Å². The molecule has 8 heteroatoms. The van der Waals surface area contributed by atoms with Gasteiger partial charge in [-0.15, -0.1) is 0 Å². The third-order valence-corrected chi connectivity index (χ3v) is 7.94. The minimum absolute atomic E-state index is 0.131. The highest BCUT2D eigenvalue weighted by Gasteiger charge is 2.28. The second-order valence-corrected chi connectivity index (χ2v) is 10.8. The smallest absolute Gasteiger partial charge is 0.449 e. The summed E-state index contributed by atoms with van der Waals surface area (Å²) in [6, 6.07) is 21.4. The van der Waals surface area contributed by atoms with Gasteiger partial charge in [-0.1, -0.05) is 75.1 Å². The fourth-order valence-corrected chi connectivity index (χ4v) is 5.87. The summed E-state index contributed by atoms with van der Waals surface area (Å²) in [5, 5.41) is 9.13. The normalized spacial score (nSPS) is 13.7. The molecule has 1 aromatic heterocycles. The number of para-hydroxylation sites is 1. The molecular weight excluding hydrogens is 530 g/mol. The second-order valence-electron chi connectivity index (χ2n) is 10.8. The lowest BCUT2D eigenvalue weighted by Crippen LogP contribution is -2.42. The van der Waals surface area contributed by atoms with Crippen LogP contribution in [0.1, 0.15) is 70.2 Å². The number of nitrogens with zero attached hydrogens (tertiary/aromatic N) is 3. The first-order chi connectivity index (χ1) is 20.5. The van der Waals surface area contributed by atoms with Crippen molar-refractivity contribution in [2.75, 3.05) is 11.5 Å². The average molecular weight is 570 g/mol. The summed E-state index contributed by atoms with van der Waals surface area (Å²) in [5.41, 5.74) is 5.43. The van der Waals surface area contributed by atoms with Gasteiger partial charge >= 0.3 is 12.2 Å². The monoisotopic (exact) mass is 569 g/mol. The molecule has 5 rings (SSSR count). The second kappa shape index (κ2) is 13.6. The number of carboxylic acid groups (broad SMARTS) is 1. The topological polar surface area (TPSA) is 93.9 Å². The van der Waals surface area contributed by atoms with Crippen molar-refractivity contribution < 1.29 is 24.2 Å². The Balaban J connectivity index is 1.49. The van der Waals surface area contributed by atoms with Crippen LogP contribution in [0.25, 0.3) is 22.2 Å². The largest absolute Gasteiger partial charge is 0.511 e. The molecule has 0 atom stereocenters. The van der Waals surface area contributed by atoms with Crippen molar-refractivity contribution in [2.24, 2.45) is 0 Å². The molecule has 0 spiro atoms. The third kappa shape index (κ3) is 6.59. The van der Waals surface area contributed by atoms with E-state index in [4.69, 9.17) is 19.6 Å². The number of amides is 1. The number of rotatable bonds is 10. The minimum Gasteiger partial charge on any atom is -0.449 e. The molecule has 220 valence electrons. The number of imidazole rings is 1. The maximum atomic E-state index is 13.2. The summed E-state index contributed by atoms with van der Waals surface area (Å²) in [4.78, 5) is 31.2. The Kier molecular flexibility index (Phi) is 9.41. The van der Waals surface area contributed by atoms with Gasteiger partial charge in [-0.05, 0) is 61.6 Å². The van der Waals surface area contributed by atoms with Crippen molar-refractivity contribution >= 4 is 29.0 Å². The van der Waals surface area contributed by atoms with Crippen LogP contribution in [0.5, 0.6) is 5.75 Å². The molecular formula is C34H39N3O5. The van der Waals surface area contributed by atoms with E-state index in [1.807, 2.05) is 48.2 Å². The molecule has 1 heterocycles. The van der Waals surface area contributed by atoms with Crippen molar-refractivity contribution in [3.63, 3.8) is 0 Å². The minimum atomic E-state index is -1.34. The molecule has 8 nitrogen and oxygen atoms in total. The number of benzene rings is 3. The molecule has 1 fully saturated rings. The molecule has 0 bridgehead atoms. The fourth-order valence-electron chi connectivity index (χ4n) is 5.87. The number of carbonyl (C=O) groups excluding carboxylic acids is 1. The highest BCUT2D eigenvalue weighted by atomic mass is 16.7. The number of aromatic nitrogens is 2. The standard InChI is InChI=1S/C34H39N3O5/c1-3-5-15-32-35-29-21-20-27(37(33(38)41-4-2)26-11-7-6-8-12-26)22-30(29)36(32)23-24-16-18-25(19-17-24)28-13-9-10-14-31(28)42-34(39)40/h9-10,13-14,16-22,26H,3-8,11-12,15,23H2,1-2H3,(H,39,40). The summed E-state index contributed by atoms with van der Waals surface area (Å²) in [6.07, 6.45) is 6.73. The van der Waals surface area contributed by atoms with Gasteiger partial charge in [0.25, 0.3) is 0 Å². The molecule has 0 unspecified atom stereocenters. The van der Waals surface area contributed by atoms with E-state index in [1.165, 1.54) is 6.42 Å². The Labute approximate surface area is 246 Å². The number of aryl methyl sites for hydroxylation is 1. The predicted octanol–water partition coefficient (Wildman–Crippen LogP) is 8.45. The van der Waals surface area contributed by atoms with Crippen molar-refractivity contribution in [2.45, 2.75) is 77.8 Å². The van der Waals surface area contributed by atoms with Gasteiger partial charge in [-0.3, -0.25) is 4.90 Å². The van der Waals surface area contributed by atoms with Gasteiger partial charge in [0.05, 0.1) is 17.6 Å². The third-order valence-electron chi connectivity index (χ3n) is 7.94. The van der Waals surface area contributed by atoms with Gasteiger partial charge in [-0.25, -0.2) is 14.6 Å². The van der Waals surface area contributed by atoms with E-state index in [2.05, 4.69) is 29.7 Å². The number of carbonyl (C=O) groups is 2. The van der Waals surface area contributed by atoms with E-state index in [1.54, 1.807) is 12.1 Å². The molecule has 1 amide bonds. The summed E-state index contributed by atoms with van der Waals surface area (Å²) < 4.78 is 12.8. The molecule has 1 aliphatic carbocycles. The van der Waals surface area contributed by atoms with Crippen LogP contribution >= 0.6 is 0 Å². The lowest BCUT2D eigenvalue weighted by molar-refractivity contribution is 0.144. The van der Waals surface area contributed by atoms with Gasteiger partial charge in [0.15, 0.2) is 0 Å². The maximum Gasteiger partial charge on any atom is 0.511 e. The molecule has 0 saturated heterocycles. The zero-order valence-corrected chi connectivity index (χ0v) is 24.4. The van der Waals surface area contributed by atoms with Crippen LogP contribution < -0.4 is 9.64 Å². The highest BCUT2D eigenvalue weighted by Crippen LogP contribution is 2.33.